The summed E-state index contributed by atoms with van der Waals surface area (Å²) < 4.78 is 27.8. The number of ether oxygens (including phenoxy) is 4. The highest BCUT2D eigenvalue weighted by molar-refractivity contribution is 5.88. The number of fused-ring (bicyclic) bond motifs is 1. The average molecular weight is 611 g/mol. The molecule has 3 heterocycles. The highest BCUT2D eigenvalue weighted by Gasteiger charge is 2.47. The van der Waals surface area contributed by atoms with Crippen molar-refractivity contribution in [1.82, 2.24) is 0 Å². The summed E-state index contributed by atoms with van der Waals surface area (Å²) >= 11 is 0. The van der Waals surface area contributed by atoms with Gasteiger partial charge in [0.05, 0.1) is 12.7 Å². The van der Waals surface area contributed by atoms with Crippen molar-refractivity contribution in [3.05, 3.63) is 40.6 Å². The van der Waals surface area contributed by atoms with E-state index in [-0.39, 0.29) is 11.1 Å². The number of aliphatic hydroxyl groups excluding tert-OH is 6. The van der Waals surface area contributed by atoms with Crippen molar-refractivity contribution in [1.29, 1.82) is 0 Å². The first-order chi connectivity index (χ1) is 20.3. The van der Waals surface area contributed by atoms with Gasteiger partial charge in [-0.05, 0) is 25.1 Å². The molecular weight excluding hydrogens is 580 g/mol. The van der Waals surface area contributed by atoms with Crippen molar-refractivity contribution in [3.8, 4) is 40.1 Å². The lowest BCUT2D eigenvalue weighted by Gasteiger charge is -2.42. The van der Waals surface area contributed by atoms with E-state index in [2.05, 4.69) is 0 Å². The lowest BCUT2D eigenvalue weighted by Crippen LogP contribution is -2.61. The number of aromatic hydroxyl groups is 4. The van der Waals surface area contributed by atoms with Crippen LogP contribution in [-0.4, -0.2) is 119 Å². The van der Waals surface area contributed by atoms with Crippen molar-refractivity contribution < 1.29 is 74.4 Å². The molecule has 3 aromatic rings. The Kier molecular flexibility index (Phi) is 8.41. The van der Waals surface area contributed by atoms with Gasteiger partial charge in [0.1, 0.15) is 65.2 Å². The molecule has 10 atom stereocenters. The summed E-state index contributed by atoms with van der Waals surface area (Å²) in [5, 5.41) is 101. The quantitative estimate of drug-likeness (QED) is 0.140. The number of rotatable bonds is 6. The van der Waals surface area contributed by atoms with Gasteiger partial charge < -0.3 is 74.4 Å². The van der Waals surface area contributed by atoms with Gasteiger partial charge in [0, 0.05) is 17.7 Å². The minimum Gasteiger partial charge on any atom is -0.508 e. The molecule has 0 spiro atoms. The summed E-state index contributed by atoms with van der Waals surface area (Å²) in [7, 11) is 0. The molecule has 0 amide bonds. The van der Waals surface area contributed by atoms with Gasteiger partial charge in [-0.2, -0.15) is 0 Å². The Morgan fingerprint density at radius 3 is 2.12 bits per heavy atom. The molecule has 0 aliphatic carbocycles. The van der Waals surface area contributed by atoms with E-state index in [0.29, 0.717) is 0 Å². The fourth-order valence-electron chi connectivity index (χ4n) is 4.84. The minimum absolute atomic E-state index is 0.0313. The summed E-state index contributed by atoms with van der Waals surface area (Å²) in [6.45, 7) is 0.818. The van der Waals surface area contributed by atoms with Crippen LogP contribution in [-0.2, 0) is 14.2 Å². The Morgan fingerprint density at radius 2 is 1.42 bits per heavy atom. The van der Waals surface area contributed by atoms with Gasteiger partial charge in [-0.15, -0.1) is 0 Å². The van der Waals surface area contributed by atoms with E-state index in [0.717, 1.165) is 24.3 Å². The van der Waals surface area contributed by atoms with E-state index in [1.165, 1.54) is 13.0 Å². The SMILES string of the molecule is C[C@@H]1O[C@H](OC[C@@H]2O[C@H](Oc3c(-c4ccc(O)c(O)c4)oc4cc(O)cc(O)c4c3=O)[C@H](O)[C@@H](O)[C@@H]2O)[C@@H](O)[C@@H](O)[C@@H]1O. The topological polar surface area (TPSA) is 269 Å². The van der Waals surface area contributed by atoms with Crippen LogP contribution >= 0.6 is 0 Å². The molecule has 2 aliphatic heterocycles. The molecule has 2 fully saturated rings. The summed E-state index contributed by atoms with van der Waals surface area (Å²) in [6.07, 6.45) is -16.2. The molecule has 234 valence electrons. The fourth-order valence-corrected chi connectivity index (χ4v) is 4.84. The number of phenols is 4. The number of benzene rings is 2. The zero-order valence-electron chi connectivity index (χ0n) is 22.3. The second kappa shape index (κ2) is 11.8. The molecule has 0 unspecified atom stereocenters. The monoisotopic (exact) mass is 610 g/mol. The van der Waals surface area contributed by atoms with E-state index in [1.54, 1.807) is 0 Å². The molecule has 1 aromatic heterocycles. The maximum Gasteiger partial charge on any atom is 0.239 e. The molecule has 2 aromatic carbocycles. The van der Waals surface area contributed by atoms with Crippen molar-refractivity contribution >= 4 is 11.0 Å². The molecule has 5 rings (SSSR count). The smallest absolute Gasteiger partial charge is 0.239 e. The normalized spacial score (nSPS) is 33.0. The van der Waals surface area contributed by atoms with Crippen LogP contribution in [0.3, 0.4) is 0 Å². The van der Waals surface area contributed by atoms with Crippen LogP contribution in [0.5, 0.6) is 28.7 Å². The van der Waals surface area contributed by atoms with Gasteiger partial charge in [-0.25, -0.2) is 0 Å². The van der Waals surface area contributed by atoms with Crippen LogP contribution in [0.15, 0.2) is 39.5 Å². The molecule has 2 aliphatic rings. The number of phenolic OH excluding ortho intramolecular Hbond substituents is 4. The van der Waals surface area contributed by atoms with Crippen molar-refractivity contribution in [2.24, 2.45) is 0 Å². The van der Waals surface area contributed by atoms with E-state index < -0.39 is 113 Å². The standard InChI is InChI=1S/C27H30O16/c1-8-17(32)20(35)22(37)26(40-8)39-7-15-18(33)21(36)23(38)27(42-15)43-25-19(34)16-13(31)5-10(28)6-14(16)41-24(25)9-2-3-11(29)12(30)4-9/h2-6,8,15,17-18,20-23,26-33,35-38H,7H2,1H3/t8-,15-,17+,18+,20-,21-,22-,23+,26-,27+/m0/s1. The highest BCUT2D eigenvalue weighted by atomic mass is 16.7. The maximum absolute atomic E-state index is 13.6. The Bertz CT molecular complexity index is 1540. The van der Waals surface area contributed by atoms with Gasteiger partial charge in [0.25, 0.3) is 0 Å². The summed E-state index contributed by atoms with van der Waals surface area (Å²) in [4.78, 5) is 13.6. The Labute approximate surface area is 241 Å². The molecule has 2 saturated heterocycles. The summed E-state index contributed by atoms with van der Waals surface area (Å²) in [5.74, 6) is -3.33. The van der Waals surface area contributed by atoms with E-state index >= 15 is 0 Å². The lowest BCUT2D eigenvalue weighted by molar-refractivity contribution is -0.318. The fraction of sp³-hybridized carbons (Fsp3) is 0.444. The van der Waals surface area contributed by atoms with Gasteiger partial charge in [-0.3, -0.25) is 4.79 Å². The van der Waals surface area contributed by atoms with E-state index in [9.17, 15) is 55.9 Å². The minimum atomic E-state index is -1.97. The molecule has 43 heavy (non-hydrogen) atoms. The molecule has 10 N–H and O–H groups in total. The van der Waals surface area contributed by atoms with E-state index in [4.69, 9.17) is 23.4 Å². The largest absolute Gasteiger partial charge is 0.508 e. The predicted octanol–water partition coefficient (Wildman–Crippen LogP) is -1.69. The number of aliphatic hydroxyl groups is 6. The van der Waals surface area contributed by atoms with Crippen LogP contribution in [0.2, 0.25) is 0 Å². The van der Waals surface area contributed by atoms with Crippen molar-refractivity contribution in [2.45, 2.75) is 68.3 Å². The van der Waals surface area contributed by atoms with Crippen LogP contribution in [0.4, 0.5) is 0 Å². The molecule has 0 saturated carbocycles. The molecule has 16 nitrogen and oxygen atoms in total. The zero-order valence-corrected chi connectivity index (χ0v) is 22.3. The second-order valence-corrected chi connectivity index (χ2v) is 10.3. The first-order valence-corrected chi connectivity index (χ1v) is 13.0. The third-order valence-electron chi connectivity index (χ3n) is 7.29. The third kappa shape index (κ3) is 5.67. The average Bonchev–Trinajstić information content (AvgIpc) is 2.96. The van der Waals surface area contributed by atoms with Gasteiger partial charge in [-0.1, -0.05) is 0 Å². The molecule has 16 heteroatoms. The first-order valence-electron chi connectivity index (χ1n) is 13.0. The highest BCUT2D eigenvalue weighted by Crippen LogP contribution is 2.39. The van der Waals surface area contributed by atoms with Gasteiger partial charge in [0.2, 0.25) is 17.5 Å². The Hall–Kier alpha value is -3.71. The van der Waals surface area contributed by atoms with E-state index in [1.807, 2.05) is 0 Å². The van der Waals surface area contributed by atoms with Crippen LogP contribution < -0.4 is 10.2 Å². The Morgan fingerprint density at radius 1 is 0.744 bits per heavy atom. The summed E-state index contributed by atoms with van der Waals surface area (Å²) in [6, 6.07) is 5.24. The van der Waals surface area contributed by atoms with Crippen molar-refractivity contribution in [3.63, 3.8) is 0 Å². The van der Waals surface area contributed by atoms with Gasteiger partial charge in [0.15, 0.2) is 23.5 Å². The number of hydrogen-bond donors (Lipinski definition) is 10. The lowest BCUT2D eigenvalue weighted by atomic mass is 9.98. The van der Waals surface area contributed by atoms with Crippen LogP contribution in [0.25, 0.3) is 22.3 Å². The summed E-state index contributed by atoms with van der Waals surface area (Å²) in [5.41, 5.74) is -1.35. The maximum atomic E-state index is 13.6. The molecular formula is C27H30O16. The molecule has 0 bridgehead atoms. The van der Waals surface area contributed by atoms with Crippen molar-refractivity contribution in [2.75, 3.05) is 6.61 Å². The Balaban J connectivity index is 1.48. The first kappa shape index (κ1) is 30.7. The molecule has 0 radical (unpaired) electrons. The predicted molar refractivity (Wildman–Crippen MR) is 140 cm³/mol. The zero-order chi connectivity index (χ0) is 31.3. The van der Waals surface area contributed by atoms with Crippen LogP contribution in [0, 0.1) is 0 Å². The number of hydrogen-bond acceptors (Lipinski definition) is 16. The second-order valence-electron chi connectivity index (χ2n) is 10.3. The third-order valence-corrected chi connectivity index (χ3v) is 7.29. The van der Waals surface area contributed by atoms with Crippen LogP contribution in [0.1, 0.15) is 6.92 Å². The van der Waals surface area contributed by atoms with Gasteiger partial charge >= 0.3 is 0 Å².